The molecule has 1 heteroatoms. The Morgan fingerprint density at radius 2 is 1.78 bits per heavy atom. The Morgan fingerprint density at radius 3 is 2.50 bits per heavy atom. The predicted molar refractivity (Wildman–Crippen MR) is 74.3 cm³/mol. The van der Waals surface area contributed by atoms with Crippen molar-refractivity contribution in [3.05, 3.63) is 71.3 Å². The monoisotopic (exact) mass is 239 g/mol. The van der Waals surface area contributed by atoms with Crippen molar-refractivity contribution in [2.75, 3.05) is 0 Å². The van der Waals surface area contributed by atoms with Crippen molar-refractivity contribution >= 4 is 0 Å². The highest BCUT2D eigenvalue weighted by Crippen LogP contribution is 2.19. The van der Waals surface area contributed by atoms with Crippen LogP contribution in [0.3, 0.4) is 0 Å². The second kappa shape index (κ2) is 6.36. The summed E-state index contributed by atoms with van der Waals surface area (Å²) >= 11 is 0. The van der Waals surface area contributed by atoms with E-state index in [1.54, 1.807) is 0 Å². The second-order valence-electron chi connectivity index (χ2n) is 4.74. The molecule has 0 amide bonds. The van der Waals surface area contributed by atoms with Crippen LogP contribution in [-0.4, -0.2) is 0 Å². The third kappa shape index (κ3) is 3.44. The molecule has 0 saturated heterocycles. The van der Waals surface area contributed by atoms with Gasteiger partial charge in [0.15, 0.2) is 0 Å². The van der Waals surface area contributed by atoms with Crippen LogP contribution < -0.4 is 0 Å². The summed E-state index contributed by atoms with van der Waals surface area (Å²) in [5.74, 6) is 0.488. The molecule has 0 saturated carbocycles. The molecule has 0 aliphatic rings. The lowest BCUT2D eigenvalue weighted by Crippen LogP contribution is -2.00. The van der Waals surface area contributed by atoms with Crippen LogP contribution in [0.1, 0.15) is 36.5 Å². The molecule has 0 N–H and O–H groups in total. The van der Waals surface area contributed by atoms with E-state index in [-0.39, 0.29) is 0 Å². The second-order valence-corrected chi connectivity index (χ2v) is 4.74. The van der Waals surface area contributed by atoms with E-state index in [4.69, 9.17) is 4.74 Å². The highest BCUT2D eigenvalue weighted by Gasteiger charge is 2.05. The van der Waals surface area contributed by atoms with Gasteiger partial charge in [-0.05, 0) is 28.7 Å². The molecule has 0 atom stereocenters. The average molecular weight is 239 g/mol. The summed E-state index contributed by atoms with van der Waals surface area (Å²) in [4.78, 5) is 0. The molecule has 0 aliphatic heterocycles. The third-order valence-corrected chi connectivity index (χ3v) is 2.92. The maximum Gasteiger partial charge on any atom is 0.0724 e. The smallest absolute Gasteiger partial charge is 0.0724 e. The van der Waals surface area contributed by atoms with Crippen molar-refractivity contribution in [1.82, 2.24) is 0 Å². The third-order valence-electron chi connectivity index (χ3n) is 2.92. The van der Waals surface area contributed by atoms with E-state index in [2.05, 4.69) is 38.1 Å². The highest BCUT2D eigenvalue weighted by atomic mass is 16.5. The van der Waals surface area contributed by atoms with E-state index >= 15 is 0 Å². The Labute approximate surface area is 109 Å². The summed E-state index contributed by atoms with van der Waals surface area (Å²) < 4.78 is 5.78. The molecule has 0 aromatic heterocycles. The van der Waals surface area contributed by atoms with Crippen molar-refractivity contribution in [2.45, 2.75) is 33.0 Å². The molecule has 0 heterocycles. The van der Waals surface area contributed by atoms with Crippen molar-refractivity contribution in [3.8, 4) is 0 Å². The van der Waals surface area contributed by atoms with Crippen molar-refractivity contribution in [3.63, 3.8) is 0 Å². The van der Waals surface area contributed by atoms with Crippen LogP contribution >= 0.6 is 0 Å². The minimum Gasteiger partial charge on any atom is -0.372 e. The first-order chi connectivity index (χ1) is 8.77. The standard InChI is InChI=1S/C17H19O/c1-14(2)17-11-7-6-10-16(17)13-18-12-15-8-4-3-5-9-15/h3-10,14H,12-13H2,1-2H3. The van der Waals surface area contributed by atoms with Crippen molar-refractivity contribution in [2.24, 2.45) is 0 Å². The van der Waals surface area contributed by atoms with Gasteiger partial charge in [0.1, 0.15) is 0 Å². The van der Waals surface area contributed by atoms with Crippen molar-refractivity contribution < 1.29 is 4.74 Å². The molecule has 2 rings (SSSR count). The van der Waals surface area contributed by atoms with Gasteiger partial charge in [-0.2, -0.15) is 0 Å². The first-order valence-electron chi connectivity index (χ1n) is 6.38. The van der Waals surface area contributed by atoms with E-state index in [1.807, 2.05) is 30.3 Å². The molecule has 0 bridgehead atoms. The quantitative estimate of drug-likeness (QED) is 0.754. The summed E-state index contributed by atoms with van der Waals surface area (Å²) in [5, 5.41) is 0. The molecule has 0 fully saturated rings. The van der Waals surface area contributed by atoms with Gasteiger partial charge in [0.05, 0.1) is 13.2 Å². The summed E-state index contributed by atoms with van der Waals surface area (Å²) in [5.41, 5.74) is 3.71. The van der Waals surface area contributed by atoms with Gasteiger partial charge in [-0.1, -0.05) is 62.4 Å². The SMILES string of the molecule is CC(C)c1[c]cccc1COCc1ccccc1. The number of rotatable bonds is 5. The largest absolute Gasteiger partial charge is 0.372 e. The Balaban J connectivity index is 1.94. The summed E-state index contributed by atoms with van der Waals surface area (Å²) in [6.45, 7) is 5.69. The Hall–Kier alpha value is -1.60. The van der Waals surface area contributed by atoms with Gasteiger partial charge < -0.3 is 4.74 Å². The zero-order valence-electron chi connectivity index (χ0n) is 11.0. The maximum atomic E-state index is 5.78. The Morgan fingerprint density at radius 1 is 1.00 bits per heavy atom. The molecule has 1 radical (unpaired) electrons. The first-order valence-corrected chi connectivity index (χ1v) is 6.38. The fourth-order valence-corrected chi connectivity index (χ4v) is 2.00. The van der Waals surface area contributed by atoms with Gasteiger partial charge in [-0.15, -0.1) is 0 Å². The zero-order chi connectivity index (χ0) is 12.8. The number of hydrogen-bond acceptors (Lipinski definition) is 1. The summed E-state index contributed by atoms with van der Waals surface area (Å²) in [7, 11) is 0. The highest BCUT2D eigenvalue weighted by molar-refractivity contribution is 5.28. The van der Waals surface area contributed by atoms with E-state index in [0.717, 1.165) is 0 Å². The lowest BCUT2D eigenvalue weighted by atomic mass is 9.98. The molecule has 1 nitrogen and oxygen atoms in total. The average Bonchev–Trinajstić information content (AvgIpc) is 2.40. The van der Waals surface area contributed by atoms with Crippen LogP contribution in [0.5, 0.6) is 0 Å². The molecular weight excluding hydrogens is 220 g/mol. The van der Waals surface area contributed by atoms with Crippen LogP contribution in [-0.2, 0) is 18.0 Å². The number of ether oxygens (including phenoxy) is 1. The van der Waals surface area contributed by atoms with E-state index < -0.39 is 0 Å². The Bertz CT molecular complexity index is 474. The van der Waals surface area contributed by atoms with E-state index in [9.17, 15) is 0 Å². The molecule has 2 aromatic rings. The lowest BCUT2D eigenvalue weighted by Gasteiger charge is -2.12. The minimum absolute atomic E-state index is 0.488. The normalized spacial score (nSPS) is 10.8. The van der Waals surface area contributed by atoms with Crippen LogP contribution in [0.2, 0.25) is 0 Å². The molecule has 2 aromatic carbocycles. The van der Waals surface area contributed by atoms with Crippen LogP contribution in [0.15, 0.2) is 48.5 Å². The molecular formula is C17H19O. The van der Waals surface area contributed by atoms with E-state index in [0.29, 0.717) is 19.1 Å². The van der Waals surface area contributed by atoms with Crippen molar-refractivity contribution in [1.29, 1.82) is 0 Å². The van der Waals surface area contributed by atoms with Crippen LogP contribution in [0.25, 0.3) is 0 Å². The van der Waals surface area contributed by atoms with Gasteiger partial charge in [0.25, 0.3) is 0 Å². The molecule has 93 valence electrons. The van der Waals surface area contributed by atoms with Crippen LogP contribution in [0.4, 0.5) is 0 Å². The van der Waals surface area contributed by atoms with Crippen LogP contribution in [0, 0.1) is 6.07 Å². The molecule has 0 unspecified atom stereocenters. The fraction of sp³-hybridized carbons (Fsp3) is 0.294. The molecule has 0 spiro atoms. The Kier molecular flexibility index (Phi) is 4.54. The number of benzene rings is 2. The van der Waals surface area contributed by atoms with E-state index in [1.165, 1.54) is 16.7 Å². The zero-order valence-corrected chi connectivity index (χ0v) is 11.0. The van der Waals surface area contributed by atoms with Gasteiger partial charge in [0, 0.05) is 0 Å². The summed E-state index contributed by atoms with van der Waals surface area (Å²) in [6.07, 6.45) is 0. The maximum absolute atomic E-state index is 5.78. The molecule has 0 aliphatic carbocycles. The first kappa shape index (κ1) is 12.8. The predicted octanol–water partition coefficient (Wildman–Crippen LogP) is 4.33. The minimum atomic E-state index is 0.488. The summed E-state index contributed by atoms with van der Waals surface area (Å²) in [6, 6.07) is 19.7. The lowest BCUT2D eigenvalue weighted by molar-refractivity contribution is 0.106. The number of hydrogen-bond donors (Lipinski definition) is 0. The fourth-order valence-electron chi connectivity index (χ4n) is 2.00. The van der Waals surface area contributed by atoms with Gasteiger partial charge in [-0.25, -0.2) is 0 Å². The van der Waals surface area contributed by atoms with Gasteiger partial charge in [-0.3, -0.25) is 0 Å². The topological polar surface area (TPSA) is 9.23 Å². The molecule has 18 heavy (non-hydrogen) atoms. The van der Waals surface area contributed by atoms with Gasteiger partial charge in [0.2, 0.25) is 0 Å². The van der Waals surface area contributed by atoms with Gasteiger partial charge >= 0.3 is 0 Å².